The lowest BCUT2D eigenvalue weighted by molar-refractivity contribution is 0.0911. The molecule has 33 heavy (non-hydrogen) atoms. The van der Waals surface area contributed by atoms with Crippen molar-refractivity contribution >= 4 is 40.1 Å². The minimum atomic E-state index is -0.227. The van der Waals surface area contributed by atoms with Crippen LogP contribution in [0.2, 0.25) is 5.02 Å². The molecular formula is C25H28ClN5O2. The summed E-state index contributed by atoms with van der Waals surface area (Å²) in [6.45, 7) is 4.97. The van der Waals surface area contributed by atoms with Crippen LogP contribution in [0.25, 0.3) is 10.9 Å². The number of anilines is 1. The summed E-state index contributed by atoms with van der Waals surface area (Å²) in [5.41, 5.74) is 3.05. The molecule has 4 rings (SSSR count). The summed E-state index contributed by atoms with van der Waals surface area (Å²) in [6, 6.07) is 16.5. The summed E-state index contributed by atoms with van der Waals surface area (Å²) in [7, 11) is 0. The highest BCUT2D eigenvalue weighted by atomic mass is 35.5. The second kappa shape index (κ2) is 10.6. The number of benzene rings is 2. The second-order valence-corrected chi connectivity index (χ2v) is 8.75. The molecule has 0 atom stereocenters. The molecule has 1 aromatic heterocycles. The average molecular weight is 466 g/mol. The van der Waals surface area contributed by atoms with Crippen molar-refractivity contribution in [3.05, 3.63) is 70.9 Å². The van der Waals surface area contributed by atoms with Crippen molar-refractivity contribution in [2.24, 2.45) is 0 Å². The molecule has 3 N–H and O–H groups in total. The van der Waals surface area contributed by atoms with Crippen LogP contribution in [0.5, 0.6) is 0 Å². The van der Waals surface area contributed by atoms with Crippen LogP contribution in [0.15, 0.2) is 54.6 Å². The molecule has 1 fully saturated rings. The number of aryl methyl sites for hydroxylation is 1. The van der Waals surface area contributed by atoms with Gasteiger partial charge in [-0.2, -0.15) is 0 Å². The number of fused-ring (bicyclic) bond motifs is 1. The number of nitrogens with one attached hydrogen (secondary N) is 3. The van der Waals surface area contributed by atoms with Gasteiger partial charge in [0.05, 0.1) is 11.2 Å². The minimum absolute atomic E-state index is 0.0897. The smallest absolute Gasteiger partial charge is 0.319 e. The SMILES string of the molecule is Cc1cc(NC(=O)NCCN2CCC(NC(=O)c3cccc(Cl)c3)CC2)c2ccccc2n1. The number of carbonyl (C=O) groups is 2. The highest BCUT2D eigenvalue weighted by molar-refractivity contribution is 6.30. The molecule has 3 aromatic rings. The van der Waals surface area contributed by atoms with Gasteiger partial charge in [0.2, 0.25) is 0 Å². The van der Waals surface area contributed by atoms with Crippen molar-refractivity contribution in [2.45, 2.75) is 25.8 Å². The Labute approximate surface area is 198 Å². The van der Waals surface area contributed by atoms with Crippen LogP contribution in [0, 0.1) is 6.92 Å². The fourth-order valence-corrected chi connectivity index (χ4v) is 4.29. The Balaban J connectivity index is 1.19. The zero-order valence-corrected chi connectivity index (χ0v) is 19.4. The van der Waals surface area contributed by atoms with Crippen molar-refractivity contribution in [1.82, 2.24) is 20.5 Å². The zero-order valence-electron chi connectivity index (χ0n) is 18.6. The molecule has 0 spiro atoms. The van der Waals surface area contributed by atoms with Crippen LogP contribution in [-0.2, 0) is 0 Å². The third-order valence-corrected chi connectivity index (χ3v) is 6.05. The fraction of sp³-hybridized carbons (Fsp3) is 0.320. The highest BCUT2D eigenvalue weighted by Gasteiger charge is 2.21. The number of urea groups is 1. The van der Waals surface area contributed by atoms with Gasteiger partial charge in [-0.1, -0.05) is 35.9 Å². The van der Waals surface area contributed by atoms with Gasteiger partial charge in [0.15, 0.2) is 0 Å². The number of aromatic nitrogens is 1. The Morgan fingerprint density at radius 2 is 1.88 bits per heavy atom. The molecule has 0 radical (unpaired) electrons. The van der Waals surface area contributed by atoms with Gasteiger partial charge in [-0.05, 0) is 50.1 Å². The van der Waals surface area contributed by atoms with Crippen molar-refractivity contribution in [3.8, 4) is 0 Å². The second-order valence-electron chi connectivity index (χ2n) is 8.31. The van der Waals surface area contributed by atoms with Crippen LogP contribution < -0.4 is 16.0 Å². The van der Waals surface area contributed by atoms with Crippen molar-refractivity contribution in [2.75, 3.05) is 31.5 Å². The van der Waals surface area contributed by atoms with Crippen molar-refractivity contribution in [3.63, 3.8) is 0 Å². The Morgan fingerprint density at radius 3 is 2.67 bits per heavy atom. The van der Waals surface area contributed by atoms with E-state index in [0.29, 0.717) is 17.1 Å². The molecule has 0 aliphatic carbocycles. The number of hydrogen-bond acceptors (Lipinski definition) is 4. The summed E-state index contributed by atoms with van der Waals surface area (Å²) in [4.78, 5) is 31.6. The van der Waals surface area contributed by atoms with Gasteiger partial charge in [0.1, 0.15) is 0 Å². The third-order valence-electron chi connectivity index (χ3n) is 5.82. The lowest BCUT2D eigenvalue weighted by Crippen LogP contribution is -2.46. The molecule has 7 nitrogen and oxygen atoms in total. The monoisotopic (exact) mass is 465 g/mol. The van der Waals surface area contributed by atoms with E-state index in [2.05, 4.69) is 25.8 Å². The number of rotatable bonds is 6. The standard InChI is InChI=1S/C25H28ClN5O2/c1-17-15-23(21-7-2-3-8-22(21)28-17)30-25(33)27-11-14-31-12-9-20(10-13-31)29-24(32)18-5-4-6-19(26)16-18/h2-8,15-16,20H,9-14H2,1H3,(H,29,32)(H2,27,28,30,33). The van der Waals surface area contributed by atoms with Gasteiger partial charge < -0.3 is 20.9 Å². The lowest BCUT2D eigenvalue weighted by atomic mass is 10.0. The summed E-state index contributed by atoms with van der Waals surface area (Å²) in [5, 5.41) is 10.5. The van der Waals surface area contributed by atoms with E-state index in [0.717, 1.165) is 54.8 Å². The maximum absolute atomic E-state index is 12.4. The number of carbonyl (C=O) groups excluding carboxylic acids is 2. The molecule has 2 aromatic carbocycles. The highest BCUT2D eigenvalue weighted by Crippen LogP contribution is 2.22. The molecule has 0 bridgehead atoms. The maximum Gasteiger partial charge on any atom is 0.319 e. The quantitative estimate of drug-likeness (QED) is 0.509. The number of halogens is 1. The number of hydrogen-bond donors (Lipinski definition) is 3. The first kappa shape index (κ1) is 23.0. The van der Waals surface area contributed by atoms with E-state index in [1.54, 1.807) is 24.3 Å². The molecule has 0 saturated carbocycles. The zero-order chi connectivity index (χ0) is 23.2. The topological polar surface area (TPSA) is 86.4 Å². The summed E-state index contributed by atoms with van der Waals surface area (Å²) < 4.78 is 0. The number of piperidine rings is 1. The Kier molecular flexibility index (Phi) is 7.42. The summed E-state index contributed by atoms with van der Waals surface area (Å²) in [6.07, 6.45) is 1.75. The predicted octanol–water partition coefficient (Wildman–Crippen LogP) is 4.21. The number of pyridine rings is 1. The Hall–Kier alpha value is -3.16. The number of amides is 3. The van der Waals surface area contributed by atoms with E-state index in [9.17, 15) is 9.59 Å². The molecule has 1 aliphatic heterocycles. The molecule has 1 aliphatic rings. The van der Waals surface area contributed by atoms with E-state index >= 15 is 0 Å². The average Bonchev–Trinajstić information content (AvgIpc) is 2.80. The van der Waals surface area contributed by atoms with E-state index in [1.165, 1.54) is 0 Å². The van der Waals surface area contributed by atoms with Gasteiger partial charge in [-0.3, -0.25) is 9.78 Å². The lowest BCUT2D eigenvalue weighted by Gasteiger charge is -2.32. The summed E-state index contributed by atoms with van der Waals surface area (Å²) in [5.74, 6) is -0.0897. The van der Waals surface area contributed by atoms with Gasteiger partial charge in [0.25, 0.3) is 5.91 Å². The predicted molar refractivity (Wildman–Crippen MR) is 132 cm³/mol. The van der Waals surface area contributed by atoms with Crippen LogP contribution in [-0.4, -0.2) is 54.0 Å². The van der Waals surface area contributed by atoms with Crippen LogP contribution in [0.3, 0.4) is 0 Å². The first-order valence-electron chi connectivity index (χ1n) is 11.2. The third kappa shape index (κ3) is 6.21. The molecule has 172 valence electrons. The van der Waals surface area contributed by atoms with Gasteiger partial charge in [-0.15, -0.1) is 0 Å². The first-order chi connectivity index (χ1) is 16.0. The fourth-order valence-electron chi connectivity index (χ4n) is 4.10. The van der Waals surface area contributed by atoms with Gasteiger partial charge in [0, 0.05) is 53.9 Å². The first-order valence-corrected chi connectivity index (χ1v) is 11.6. The number of nitrogens with zero attached hydrogens (tertiary/aromatic N) is 2. The Morgan fingerprint density at radius 1 is 1.09 bits per heavy atom. The number of likely N-dealkylation sites (tertiary alicyclic amines) is 1. The van der Waals surface area contributed by atoms with E-state index in [4.69, 9.17) is 11.6 Å². The van der Waals surface area contributed by atoms with E-state index in [1.807, 2.05) is 37.3 Å². The van der Waals surface area contributed by atoms with E-state index < -0.39 is 0 Å². The van der Waals surface area contributed by atoms with Crippen LogP contribution in [0.4, 0.5) is 10.5 Å². The molecule has 1 saturated heterocycles. The van der Waals surface area contributed by atoms with Crippen molar-refractivity contribution in [1.29, 1.82) is 0 Å². The van der Waals surface area contributed by atoms with E-state index in [-0.39, 0.29) is 18.0 Å². The van der Waals surface area contributed by atoms with Crippen molar-refractivity contribution < 1.29 is 9.59 Å². The molecule has 2 heterocycles. The molecule has 0 unspecified atom stereocenters. The maximum atomic E-state index is 12.4. The van der Waals surface area contributed by atoms with Crippen LogP contribution >= 0.6 is 11.6 Å². The van der Waals surface area contributed by atoms with Crippen LogP contribution in [0.1, 0.15) is 28.9 Å². The molecule has 8 heteroatoms. The van der Waals surface area contributed by atoms with Gasteiger partial charge in [-0.25, -0.2) is 4.79 Å². The largest absolute Gasteiger partial charge is 0.349 e. The normalized spacial score (nSPS) is 14.7. The minimum Gasteiger partial charge on any atom is -0.349 e. The Bertz CT molecular complexity index is 1140. The molecular weight excluding hydrogens is 438 g/mol. The summed E-state index contributed by atoms with van der Waals surface area (Å²) >= 11 is 5.98. The number of para-hydroxylation sites is 1. The van der Waals surface area contributed by atoms with Gasteiger partial charge >= 0.3 is 6.03 Å². The molecule has 3 amide bonds.